The lowest BCUT2D eigenvalue weighted by molar-refractivity contribution is 0.103. The highest BCUT2D eigenvalue weighted by Gasteiger charge is 2.15. The molecule has 7 nitrogen and oxygen atoms in total. The van der Waals surface area contributed by atoms with Crippen LogP contribution in [0.25, 0.3) is 0 Å². The Morgan fingerprint density at radius 2 is 1.00 bits per heavy atom. The number of carbonyl (C=O) groups is 3. The summed E-state index contributed by atoms with van der Waals surface area (Å²) in [6.07, 6.45) is 8.83. The van der Waals surface area contributed by atoms with Crippen LogP contribution >= 0.6 is 0 Å². The van der Waals surface area contributed by atoms with Crippen LogP contribution < -0.4 is 0 Å². The summed E-state index contributed by atoms with van der Waals surface area (Å²) in [5.74, 6) is -1.09. The summed E-state index contributed by atoms with van der Waals surface area (Å²) in [6.45, 7) is 0. The minimum Gasteiger partial charge on any atom is -0.383 e. The molecule has 0 fully saturated rings. The number of hydrogen-bond acceptors (Lipinski definition) is 7. The zero-order valence-corrected chi connectivity index (χ0v) is 16.6. The monoisotopic (exact) mass is 370 g/mol. The van der Waals surface area contributed by atoms with E-state index in [2.05, 4.69) is 4.98 Å². The van der Waals surface area contributed by atoms with Gasteiger partial charge in [-0.25, -0.2) is 4.98 Å². The average molecular weight is 370 g/mol. The van der Waals surface area contributed by atoms with E-state index < -0.39 is 0 Å². The van der Waals surface area contributed by atoms with Crippen molar-refractivity contribution >= 4 is 17.3 Å². The Morgan fingerprint density at radius 1 is 0.667 bits per heavy atom. The van der Waals surface area contributed by atoms with E-state index in [-0.39, 0.29) is 34.3 Å². The van der Waals surface area contributed by atoms with E-state index in [0.29, 0.717) is 0 Å². The Kier molecular flexibility index (Phi) is 8.13. The summed E-state index contributed by atoms with van der Waals surface area (Å²) < 4.78 is 0. The summed E-state index contributed by atoms with van der Waals surface area (Å²) in [6, 6.07) is 2.80. The largest absolute Gasteiger partial charge is 0.383 e. The Morgan fingerprint density at radius 3 is 1.33 bits per heavy atom. The normalized spacial score (nSPS) is 11.3. The van der Waals surface area contributed by atoms with Gasteiger partial charge >= 0.3 is 0 Å². The molecule has 0 atom stereocenters. The third-order valence-electron chi connectivity index (χ3n) is 3.19. The molecule has 0 radical (unpaired) electrons. The molecule has 0 aliphatic rings. The van der Waals surface area contributed by atoms with Crippen molar-refractivity contribution in [2.24, 2.45) is 0 Å². The van der Waals surface area contributed by atoms with Crippen LogP contribution in [0.1, 0.15) is 31.3 Å². The standard InChI is InChI=1S/C20H26N4O3/c1-22(2)10-7-18(25)15-13-16(19(26)8-11-23(3)4)21-17(14-15)20(27)9-12-24(5)6/h7-14H,1-6H3/b10-7+,11-8+,12-9+. The van der Waals surface area contributed by atoms with Crippen molar-refractivity contribution in [1.29, 1.82) is 0 Å². The van der Waals surface area contributed by atoms with Crippen molar-refractivity contribution in [3.8, 4) is 0 Å². The molecular formula is C20H26N4O3. The number of aromatic nitrogens is 1. The molecule has 0 bridgehead atoms. The molecule has 0 saturated heterocycles. The molecule has 1 rings (SSSR count). The minimum absolute atomic E-state index is 0.0406. The lowest BCUT2D eigenvalue weighted by Crippen LogP contribution is -2.11. The minimum atomic E-state index is -0.388. The van der Waals surface area contributed by atoms with E-state index in [1.165, 1.54) is 30.4 Å². The number of allylic oxidation sites excluding steroid dienone is 3. The van der Waals surface area contributed by atoms with E-state index in [1.54, 1.807) is 75.6 Å². The van der Waals surface area contributed by atoms with Crippen LogP contribution in [0.4, 0.5) is 0 Å². The molecule has 144 valence electrons. The summed E-state index contributed by atoms with van der Waals surface area (Å²) >= 11 is 0. The maximum Gasteiger partial charge on any atom is 0.205 e. The predicted molar refractivity (Wildman–Crippen MR) is 106 cm³/mol. The molecule has 1 aromatic heterocycles. The second-order valence-electron chi connectivity index (χ2n) is 6.56. The Balaban J connectivity index is 3.35. The summed E-state index contributed by atoms with van der Waals surface area (Å²) in [5, 5.41) is 0. The maximum absolute atomic E-state index is 12.4. The topological polar surface area (TPSA) is 73.8 Å². The number of carbonyl (C=O) groups excluding carboxylic acids is 3. The van der Waals surface area contributed by atoms with Gasteiger partial charge in [-0.15, -0.1) is 0 Å². The van der Waals surface area contributed by atoms with E-state index in [4.69, 9.17) is 0 Å². The Labute approximate surface area is 160 Å². The van der Waals surface area contributed by atoms with Gasteiger partial charge in [-0.1, -0.05) is 0 Å². The molecule has 0 amide bonds. The lowest BCUT2D eigenvalue weighted by Gasteiger charge is -2.07. The van der Waals surface area contributed by atoms with Gasteiger partial charge in [0.2, 0.25) is 11.6 Å². The number of nitrogens with zero attached hydrogens (tertiary/aromatic N) is 4. The summed E-state index contributed by atoms with van der Waals surface area (Å²) in [7, 11) is 10.7. The second-order valence-corrected chi connectivity index (χ2v) is 6.56. The highest BCUT2D eigenvalue weighted by atomic mass is 16.1. The van der Waals surface area contributed by atoms with Crippen LogP contribution in [-0.2, 0) is 0 Å². The molecule has 0 aliphatic carbocycles. The molecule has 0 N–H and O–H groups in total. The van der Waals surface area contributed by atoms with Crippen molar-refractivity contribution in [2.45, 2.75) is 0 Å². The van der Waals surface area contributed by atoms with E-state index in [0.717, 1.165) is 0 Å². The van der Waals surface area contributed by atoms with Gasteiger partial charge in [0, 0.05) is 84.7 Å². The second kappa shape index (κ2) is 10.1. The van der Waals surface area contributed by atoms with E-state index in [1.807, 2.05) is 0 Å². The van der Waals surface area contributed by atoms with Crippen LogP contribution in [0.15, 0.2) is 49.0 Å². The first kappa shape index (κ1) is 21.8. The highest BCUT2D eigenvalue weighted by molar-refractivity contribution is 6.11. The maximum atomic E-state index is 12.4. The Hall–Kier alpha value is -3.22. The SMILES string of the molecule is CN(C)/C=C/C(=O)c1cc(C(=O)/C=C/N(C)C)nc(C(=O)/C=C/N(C)C)c1. The lowest BCUT2D eigenvalue weighted by atomic mass is 10.1. The van der Waals surface area contributed by atoms with E-state index >= 15 is 0 Å². The van der Waals surface area contributed by atoms with Gasteiger partial charge in [0.1, 0.15) is 11.4 Å². The van der Waals surface area contributed by atoms with Crippen LogP contribution in [0.5, 0.6) is 0 Å². The van der Waals surface area contributed by atoms with Crippen molar-refractivity contribution in [3.05, 3.63) is 65.9 Å². The first-order chi connectivity index (χ1) is 12.6. The van der Waals surface area contributed by atoms with Crippen molar-refractivity contribution in [3.63, 3.8) is 0 Å². The molecule has 27 heavy (non-hydrogen) atoms. The predicted octanol–water partition coefficient (Wildman–Crippen LogP) is 1.86. The van der Waals surface area contributed by atoms with Crippen LogP contribution in [0.2, 0.25) is 0 Å². The van der Waals surface area contributed by atoms with Gasteiger partial charge in [0.15, 0.2) is 5.78 Å². The quantitative estimate of drug-likeness (QED) is 0.485. The molecule has 0 spiro atoms. The fraction of sp³-hybridized carbons (Fsp3) is 0.300. The molecule has 0 saturated carbocycles. The van der Waals surface area contributed by atoms with Gasteiger partial charge in [-0.3, -0.25) is 14.4 Å². The number of ketones is 3. The van der Waals surface area contributed by atoms with Gasteiger partial charge < -0.3 is 14.7 Å². The highest BCUT2D eigenvalue weighted by Crippen LogP contribution is 2.11. The van der Waals surface area contributed by atoms with Gasteiger partial charge in [-0.2, -0.15) is 0 Å². The third-order valence-corrected chi connectivity index (χ3v) is 3.19. The Bertz CT molecular complexity index is 673. The summed E-state index contributed by atoms with van der Waals surface area (Å²) in [5.41, 5.74) is 0.309. The van der Waals surface area contributed by atoms with Crippen molar-refractivity contribution in [2.75, 3.05) is 42.3 Å². The molecule has 0 aromatic carbocycles. The molecule has 0 unspecified atom stereocenters. The van der Waals surface area contributed by atoms with Crippen molar-refractivity contribution in [1.82, 2.24) is 19.7 Å². The summed E-state index contributed by atoms with van der Waals surface area (Å²) in [4.78, 5) is 46.4. The van der Waals surface area contributed by atoms with Gasteiger partial charge in [0.05, 0.1) is 0 Å². The molecule has 7 heteroatoms. The van der Waals surface area contributed by atoms with Crippen LogP contribution in [-0.4, -0.2) is 79.3 Å². The molecule has 1 aromatic rings. The van der Waals surface area contributed by atoms with Gasteiger partial charge in [0.25, 0.3) is 0 Å². The van der Waals surface area contributed by atoms with Gasteiger partial charge in [-0.05, 0) is 12.1 Å². The van der Waals surface area contributed by atoms with E-state index in [9.17, 15) is 14.4 Å². The zero-order chi connectivity index (χ0) is 20.6. The molecule has 0 aliphatic heterocycles. The van der Waals surface area contributed by atoms with Crippen molar-refractivity contribution < 1.29 is 14.4 Å². The van der Waals surface area contributed by atoms with Crippen LogP contribution in [0, 0.1) is 0 Å². The number of pyridine rings is 1. The first-order valence-electron chi connectivity index (χ1n) is 8.29. The smallest absolute Gasteiger partial charge is 0.205 e. The first-order valence-corrected chi connectivity index (χ1v) is 8.29. The average Bonchev–Trinajstić information content (AvgIpc) is 2.61. The fourth-order valence-electron chi connectivity index (χ4n) is 1.84. The third kappa shape index (κ3) is 7.68. The fourth-order valence-corrected chi connectivity index (χ4v) is 1.84. The molecular weight excluding hydrogens is 344 g/mol. The van der Waals surface area contributed by atoms with Crippen LogP contribution in [0.3, 0.4) is 0 Å². The number of rotatable bonds is 9. The molecule has 1 heterocycles. The zero-order valence-electron chi connectivity index (χ0n) is 16.6. The number of hydrogen-bond donors (Lipinski definition) is 0.